The fourth-order valence-corrected chi connectivity index (χ4v) is 3.60. The highest BCUT2D eigenvalue weighted by molar-refractivity contribution is 9.09. The minimum absolute atomic E-state index is 0.0209. The summed E-state index contributed by atoms with van der Waals surface area (Å²) in [5.41, 5.74) is 7.15. The van der Waals surface area contributed by atoms with E-state index >= 15 is 0 Å². The lowest BCUT2D eigenvalue weighted by Gasteiger charge is -2.24. The van der Waals surface area contributed by atoms with E-state index in [0.717, 1.165) is 22.9 Å². The first-order chi connectivity index (χ1) is 18.0. The second-order valence-electron chi connectivity index (χ2n) is 7.79. The number of methoxy groups -OCH3 is 1. The minimum atomic E-state index is -0.500. The van der Waals surface area contributed by atoms with Crippen LogP contribution in [0.4, 0.5) is 0 Å². The molecule has 0 radical (unpaired) electrons. The van der Waals surface area contributed by atoms with Crippen LogP contribution >= 0.6 is 15.9 Å². The first kappa shape index (κ1) is 35.2. The number of aliphatic hydroxyl groups excluding tert-OH is 1. The Bertz CT molecular complexity index is 737. The van der Waals surface area contributed by atoms with Crippen molar-refractivity contribution in [3.8, 4) is 5.75 Å². The average molecular weight is 594 g/mol. The van der Waals surface area contributed by atoms with Crippen molar-refractivity contribution in [1.82, 2.24) is 4.90 Å². The molecule has 0 spiro atoms. The Morgan fingerprint density at radius 1 is 1.08 bits per heavy atom. The number of aliphatic hydroxyl groups is 1. The number of benzene rings is 1. The van der Waals surface area contributed by atoms with Gasteiger partial charge < -0.3 is 39.8 Å². The number of halogens is 1. The summed E-state index contributed by atoms with van der Waals surface area (Å²) < 4.78 is 20.9. The molecule has 4 N–H and O–H groups in total. The maximum atomic E-state index is 13.0. The number of phenols is 1. The Labute approximate surface area is 229 Å². The molecule has 0 saturated heterocycles. The van der Waals surface area contributed by atoms with E-state index in [1.54, 1.807) is 23.1 Å². The summed E-state index contributed by atoms with van der Waals surface area (Å²) in [6, 6.07) is 5.06. The number of nitrogens with zero attached hydrogens (tertiary/aromatic N) is 1. The monoisotopic (exact) mass is 592 g/mol. The van der Waals surface area contributed by atoms with E-state index in [0.29, 0.717) is 72.3 Å². The number of aromatic hydroxyl groups is 1. The van der Waals surface area contributed by atoms with Crippen LogP contribution in [-0.4, -0.2) is 98.8 Å². The van der Waals surface area contributed by atoms with Gasteiger partial charge in [-0.25, -0.2) is 0 Å². The van der Waals surface area contributed by atoms with Crippen LogP contribution in [0.2, 0.25) is 0 Å². The second kappa shape index (κ2) is 23.4. The Kier molecular flexibility index (Phi) is 22.3. The third-order valence-corrected chi connectivity index (χ3v) is 5.68. The third-order valence-electron chi connectivity index (χ3n) is 5.12. The first-order valence-electron chi connectivity index (χ1n) is 12.7. The number of rotatable bonds is 15. The molecule has 1 amide bonds. The molecule has 11 heteroatoms. The fourth-order valence-electron chi connectivity index (χ4n) is 3.35. The lowest BCUT2D eigenvalue weighted by atomic mass is 9.94. The van der Waals surface area contributed by atoms with Crippen molar-refractivity contribution < 1.29 is 38.7 Å². The molecule has 1 aliphatic heterocycles. The maximum absolute atomic E-state index is 13.0. The van der Waals surface area contributed by atoms with E-state index in [4.69, 9.17) is 29.8 Å². The van der Waals surface area contributed by atoms with E-state index in [1.807, 2.05) is 13.8 Å². The van der Waals surface area contributed by atoms with E-state index in [1.165, 1.54) is 7.11 Å². The van der Waals surface area contributed by atoms with Crippen molar-refractivity contribution >= 4 is 27.8 Å². The van der Waals surface area contributed by atoms with E-state index < -0.39 is 11.9 Å². The number of carbonyl (C=O) groups is 2. The first-order valence-corrected chi connectivity index (χ1v) is 13.8. The summed E-state index contributed by atoms with van der Waals surface area (Å²) in [6.45, 7) is 8.19. The summed E-state index contributed by atoms with van der Waals surface area (Å²) in [4.78, 5) is 26.4. The summed E-state index contributed by atoms with van der Waals surface area (Å²) in [5, 5.41) is 18.8. The summed E-state index contributed by atoms with van der Waals surface area (Å²) in [6.07, 6.45) is 1.31. The maximum Gasteiger partial charge on any atom is 0.306 e. The number of phenolic OH excluding ortho intramolecular Hbond substituents is 1. The van der Waals surface area contributed by atoms with Crippen molar-refractivity contribution in [2.24, 2.45) is 11.7 Å². The lowest BCUT2D eigenvalue weighted by molar-refractivity contribution is -0.147. The lowest BCUT2D eigenvalue weighted by Crippen LogP contribution is -2.38. The van der Waals surface area contributed by atoms with Gasteiger partial charge in [0.1, 0.15) is 5.75 Å². The molecule has 1 aliphatic rings. The topological polar surface area (TPSA) is 141 Å². The number of carbonyl (C=O) groups excluding carboxylic acids is 2. The van der Waals surface area contributed by atoms with Gasteiger partial charge in [-0.1, -0.05) is 35.8 Å². The van der Waals surface area contributed by atoms with Gasteiger partial charge in [-0.15, -0.1) is 0 Å². The number of amides is 1. The average Bonchev–Trinajstić information content (AvgIpc) is 3.03. The molecule has 37 heavy (non-hydrogen) atoms. The molecule has 0 bridgehead atoms. The van der Waals surface area contributed by atoms with Crippen molar-refractivity contribution in [3.63, 3.8) is 0 Å². The normalized spacial score (nSPS) is 14.5. The molecule has 10 nitrogen and oxygen atoms in total. The van der Waals surface area contributed by atoms with Crippen LogP contribution in [0.1, 0.15) is 37.8 Å². The van der Waals surface area contributed by atoms with Gasteiger partial charge >= 0.3 is 5.97 Å². The molecule has 0 saturated carbocycles. The van der Waals surface area contributed by atoms with Crippen molar-refractivity contribution in [2.45, 2.75) is 39.7 Å². The van der Waals surface area contributed by atoms with E-state index in [9.17, 15) is 14.7 Å². The molecular formula is C26H45BrN2O8. The molecule has 214 valence electrons. The van der Waals surface area contributed by atoms with Gasteiger partial charge in [0.05, 0.1) is 59.1 Å². The number of hydrogen-bond donors (Lipinski definition) is 3. The Hall–Kier alpha value is -1.76. The fraction of sp³-hybridized carbons (Fsp3) is 0.692. The van der Waals surface area contributed by atoms with E-state index in [2.05, 4.69) is 15.9 Å². The third kappa shape index (κ3) is 15.9. The SMILES string of the molecule is CC.COC(=O)C[C@@H]1Cc2ccc(O)cc2CN(CCOCCOCCOCCN)C1=O.OCCCBr. The van der Waals surface area contributed by atoms with Crippen LogP contribution in [0.25, 0.3) is 0 Å². The van der Waals surface area contributed by atoms with Gasteiger partial charge in [0.25, 0.3) is 0 Å². The molecule has 2 rings (SSSR count). The second-order valence-corrected chi connectivity index (χ2v) is 8.58. The zero-order chi connectivity index (χ0) is 27.9. The van der Waals surface area contributed by atoms with Crippen molar-refractivity contribution in [2.75, 3.05) is 71.8 Å². The van der Waals surface area contributed by atoms with Crippen LogP contribution in [0.15, 0.2) is 18.2 Å². The van der Waals surface area contributed by atoms with Gasteiger partial charge in [-0.05, 0) is 36.1 Å². The highest BCUT2D eigenvalue weighted by atomic mass is 79.9. The standard InChI is InChI=1S/C21H32N2O7.C3H7BrO.C2H6/c1-27-20(25)14-17-12-16-2-3-19(24)13-18(16)15-23(21(17)26)5-7-29-9-11-30-10-8-28-6-4-22;4-2-1-3-5;1-2/h2-3,13,17,24H,4-12,14-15,22H2,1H3;5H,1-3H2;1-2H3/t17-;;/m0../s1. The molecular weight excluding hydrogens is 548 g/mol. The van der Waals surface area contributed by atoms with Crippen LogP contribution < -0.4 is 5.73 Å². The molecule has 0 aliphatic carbocycles. The molecule has 1 aromatic rings. The largest absolute Gasteiger partial charge is 0.508 e. The van der Waals surface area contributed by atoms with Crippen molar-refractivity contribution in [1.29, 1.82) is 0 Å². The highest BCUT2D eigenvalue weighted by Gasteiger charge is 2.31. The van der Waals surface area contributed by atoms with Crippen LogP contribution in [0.3, 0.4) is 0 Å². The molecule has 0 fully saturated rings. The number of alkyl halides is 1. The summed E-state index contributed by atoms with van der Waals surface area (Å²) in [5.74, 6) is -0.885. The quantitative estimate of drug-likeness (QED) is 0.159. The highest BCUT2D eigenvalue weighted by Crippen LogP contribution is 2.27. The smallest absolute Gasteiger partial charge is 0.306 e. The van der Waals surface area contributed by atoms with Gasteiger partial charge in [0.15, 0.2) is 0 Å². The minimum Gasteiger partial charge on any atom is -0.508 e. The molecule has 1 heterocycles. The Balaban J connectivity index is 0.00000165. The van der Waals surface area contributed by atoms with Gasteiger partial charge in [0.2, 0.25) is 5.91 Å². The number of ether oxygens (including phenoxy) is 4. The zero-order valence-electron chi connectivity index (χ0n) is 22.5. The zero-order valence-corrected chi connectivity index (χ0v) is 24.0. The van der Waals surface area contributed by atoms with E-state index in [-0.39, 0.29) is 18.1 Å². The Morgan fingerprint density at radius 2 is 1.70 bits per heavy atom. The number of esters is 1. The van der Waals surface area contributed by atoms with Gasteiger partial charge in [-0.3, -0.25) is 9.59 Å². The number of hydrogen-bond acceptors (Lipinski definition) is 9. The van der Waals surface area contributed by atoms with Gasteiger partial charge in [-0.2, -0.15) is 0 Å². The predicted octanol–water partition coefficient (Wildman–Crippen LogP) is 2.25. The van der Waals surface area contributed by atoms with Crippen LogP contribution in [0, 0.1) is 5.92 Å². The van der Waals surface area contributed by atoms with Crippen molar-refractivity contribution in [3.05, 3.63) is 29.3 Å². The molecule has 0 unspecified atom stereocenters. The van der Waals surface area contributed by atoms with Crippen LogP contribution in [-0.2, 0) is 41.5 Å². The number of fused-ring (bicyclic) bond motifs is 1. The number of nitrogens with two attached hydrogens (primary N) is 1. The predicted molar refractivity (Wildman–Crippen MR) is 146 cm³/mol. The molecule has 1 aromatic carbocycles. The summed E-state index contributed by atoms with van der Waals surface area (Å²) >= 11 is 3.15. The van der Waals surface area contributed by atoms with Gasteiger partial charge in [0, 0.05) is 31.6 Å². The Morgan fingerprint density at radius 3 is 2.24 bits per heavy atom. The molecule has 1 atom stereocenters. The van der Waals surface area contributed by atoms with Crippen LogP contribution in [0.5, 0.6) is 5.75 Å². The summed E-state index contributed by atoms with van der Waals surface area (Å²) in [7, 11) is 1.31. The molecule has 0 aromatic heterocycles.